The number of benzene rings is 1. The molecule has 0 fully saturated rings. The summed E-state index contributed by atoms with van der Waals surface area (Å²) < 4.78 is 10.2. The molecule has 146 valence electrons. The second kappa shape index (κ2) is 7.97. The molecule has 1 aromatic carbocycles. The maximum Gasteiger partial charge on any atom is 0.346 e. The minimum atomic E-state index is -0.610. The van der Waals surface area contributed by atoms with Gasteiger partial charge in [-0.25, -0.2) is 19.6 Å². The second-order valence-electron chi connectivity index (χ2n) is 5.67. The number of methoxy groups -OCH3 is 2. The van der Waals surface area contributed by atoms with E-state index in [-0.39, 0.29) is 9.81 Å². The summed E-state index contributed by atoms with van der Waals surface area (Å²) in [5.74, 6) is -1.22. The summed E-state index contributed by atoms with van der Waals surface area (Å²) >= 11 is 3.49. The summed E-state index contributed by atoms with van der Waals surface area (Å²) in [5, 5.41) is 0. The maximum absolute atomic E-state index is 12.0. The van der Waals surface area contributed by atoms with Crippen molar-refractivity contribution in [3.05, 3.63) is 48.1 Å². The van der Waals surface area contributed by atoms with Crippen LogP contribution in [0.3, 0.4) is 0 Å². The highest BCUT2D eigenvalue weighted by molar-refractivity contribution is 8.29. The van der Waals surface area contributed by atoms with E-state index >= 15 is 0 Å². The molecule has 0 radical (unpaired) electrons. The minimum Gasteiger partial charge on any atom is -0.465 e. The number of hydrogen-bond donors (Lipinski definition) is 0. The molecule has 3 aromatic rings. The smallest absolute Gasteiger partial charge is 0.346 e. The number of carbonyl (C=O) groups is 3. The van der Waals surface area contributed by atoms with Crippen LogP contribution >= 0.6 is 34.9 Å². The van der Waals surface area contributed by atoms with E-state index in [1.54, 1.807) is 6.08 Å². The van der Waals surface area contributed by atoms with Crippen molar-refractivity contribution in [1.29, 1.82) is 0 Å². The molecule has 1 aliphatic heterocycles. The Hall–Kier alpha value is -2.69. The van der Waals surface area contributed by atoms with Gasteiger partial charge in [0, 0.05) is 0 Å². The fourth-order valence-electron chi connectivity index (χ4n) is 2.67. The zero-order chi connectivity index (χ0) is 20.5. The lowest BCUT2D eigenvalue weighted by Gasteiger charge is -2.00. The Morgan fingerprint density at radius 3 is 1.90 bits per heavy atom. The van der Waals surface area contributed by atoms with Crippen LogP contribution in [0.4, 0.5) is 0 Å². The lowest BCUT2D eigenvalue weighted by atomic mass is 10.2. The van der Waals surface area contributed by atoms with Crippen LogP contribution in [0.5, 0.6) is 0 Å². The number of thiophene rings is 1. The van der Waals surface area contributed by atoms with Gasteiger partial charge in [-0.05, 0) is 18.2 Å². The van der Waals surface area contributed by atoms with Crippen molar-refractivity contribution in [1.82, 2.24) is 9.97 Å². The number of fused-ring (bicyclic) bond motifs is 2. The number of para-hydroxylation sites is 2. The molecule has 0 saturated carbocycles. The van der Waals surface area contributed by atoms with Gasteiger partial charge in [0.15, 0.2) is 6.29 Å². The number of esters is 2. The van der Waals surface area contributed by atoms with Crippen LogP contribution in [0.25, 0.3) is 28.1 Å². The molecule has 0 bridgehead atoms. The first-order valence-electron chi connectivity index (χ1n) is 8.18. The Morgan fingerprint density at radius 2 is 1.41 bits per heavy atom. The number of aromatic nitrogens is 2. The van der Waals surface area contributed by atoms with Crippen LogP contribution in [-0.4, -0.2) is 42.4 Å². The highest BCUT2D eigenvalue weighted by atomic mass is 32.2. The lowest BCUT2D eigenvalue weighted by molar-refractivity contribution is -0.138. The van der Waals surface area contributed by atoms with Gasteiger partial charge in [-0.1, -0.05) is 35.7 Å². The maximum atomic E-state index is 12.0. The van der Waals surface area contributed by atoms with E-state index in [0.29, 0.717) is 36.1 Å². The minimum absolute atomic E-state index is 0.170. The zero-order valence-electron chi connectivity index (χ0n) is 15.1. The van der Waals surface area contributed by atoms with Crippen molar-refractivity contribution in [3.8, 4) is 0 Å². The highest BCUT2D eigenvalue weighted by Crippen LogP contribution is 2.51. The third-order valence-corrected chi connectivity index (χ3v) is 7.42. The quantitative estimate of drug-likeness (QED) is 0.437. The Morgan fingerprint density at radius 1 is 0.897 bits per heavy atom. The molecule has 7 nitrogen and oxygen atoms in total. The van der Waals surface area contributed by atoms with Crippen LogP contribution in [0, 0.1) is 0 Å². The first kappa shape index (κ1) is 19.6. The molecule has 2 aromatic heterocycles. The number of hydrogen-bond acceptors (Lipinski definition) is 10. The lowest BCUT2D eigenvalue weighted by Crippen LogP contribution is -2.08. The average molecular weight is 445 g/mol. The van der Waals surface area contributed by atoms with E-state index in [2.05, 4.69) is 9.97 Å². The van der Waals surface area contributed by atoms with Crippen molar-refractivity contribution in [2.24, 2.45) is 0 Å². The van der Waals surface area contributed by atoms with Gasteiger partial charge in [-0.15, -0.1) is 11.3 Å². The molecular formula is C19H12N2O5S3. The number of rotatable bonds is 4. The summed E-state index contributed by atoms with van der Waals surface area (Å²) in [6.45, 7) is 0. The van der Waals surface area contributed by atoms with Crippen molar-refractivity contribution >= 4 is 81.2 Å². The predicted octanol–water partition coefficient (Wildman–Crippen LogP) is 3.99. The summed E-state index contributed by atoms with van der Waals surface area (Å²) in [6, 6.07) is 7.41. The Kier molecular flexibility index (Phi) is 5.39. The highest BCUT2D eigenvalue weighted by Gasteiger charge is 2.32. The monoisotopic (exact) mass is 444 g/mol. The van der Waals surface area contributed by atoms with E-state index in [9.17, 15) is 14.4 Å². The van der Waals surface area contributed by atoms with Gasteiger partial charge in [-0.2, -0.15) is 0 Å². The summed E-state index contributed by atoms with van der Waals surface area (Å²) in [4.78, 5) is 46.4. The Balaban J connectivity index is 1.81. The first-order valence-corrected chi connectivity index (χ1v) is 10.6. The average Bonchev–Trinajstić information content (AvgIpc) is 3.32. The van der Waals surface area contributed by atoms with Gasteiger partial charge in [0.25, 0.3) is 0 Å². The number of aldehydes is 1. The molecule has 0 atom stereocenters. The molecule has 0 amide bonds. The summed E-state index contributed by atoms with van der Waals surface area (Å²) in [7, 11) is 2.50. The fraction of sp³-hybridized carbons (Fsp3) is 0.105. The third-order valence-electron chi connectivity index (χ3n) is 3.97. The Labute approximate surface area is 177 Å². The third kappa shape index (κ3) is 3.54. The van der Waals surface area contributed by atoms with Crippen LogP contribution in [0.15, 0.2) is 38.3 Å². The number of nitrogens with zero attached hydrogens (tertiary/aromatic N) is 2. The zero-order valence-corrected chi connectivity index (χ0v) is 17.6. The topological polar surface area (TPSA) is 95.5 Å². The largest absolute Gasteiger partial charge is 0.465 e. The molecule has 0 saturated heterocycles. The molecule has 0 unspecified atom stereocenters. The SMILES string of the molecule is COC(=O)C1=C(C(=O)OC)SC(=Cc2sc(C=O)c3nc4ccccc4nc23)S1. The van der Waals surface area contributed by atoms with Crippen molar-refractivity contribution in [2.75, 3.05) is 14.2 Å². The molecule has 3 heterocycles. The normalized spacial score (nSPS) is 13.8. The molecular weight excluding hydrogens is 432 g/mol. The van der Waals surface area contributed by atoms with Gasteiger partial charge >= 0.3 is 11.9 Å². The standard InChI is InChI=1S/C19H12N2O5S3/c1-25-18(23)16-17(19(24)26-2)29-13(28-16)7-11-14-15(12(8-22)27-11)21-10-6-4-3-5-9(10)20-14/h3-8H,1-2H3. The number of thioether (sulfide) groups is 2. The van der Waals surface area contributed by atoms with Gasteiger partial charge in [-0.3, -0.25) is 4.79 Å². The summed E-state index contributed by atoms with van der Waals surface area (Å²) in [6.07, 6.45) is 2.54. The second-order valence-corrected chi connectivity index (χ2v) is 9.11. The van der Waals surface area contributed by atoms with E-state index in [4.69, 9.17) is 9.47 Å². The number of carbonyl (C=O) groups excluding carboxylic acids is 3. The molecule has 1 aliphatic rings. The first-order chi connectivity index (χ1) is 14.0. The molecule has 29 heavy (non-hydrogen) atoms. The molecule has 0 aliphatic carbocycles. The van der Waals surface area contributed by atoms with Crippen molar-refractivity contribution in [3.63, 3.8) is 0 Å². The van der Waals surface area contributed by atoms with Crippen LogP contribution < -0.4 is 0 Å². The molecule has 0 N–H and O–H groups in total. The Bertz CT molecular complexity index is 1220. The fourth-order valence-corrected chi connectivity index (χ4v) is 6.12. The van der Waals surface area contributed by atoms with Gasteiger partial charge < -0.3 is 9.47 Å². The summed E-state index contributed by atoms with van der Waals surface area (Å²) in [5.41, 5.74) is 2.53. The molecule has 0 spiro atoms. The predicted molar refractivity (Wildman–Crippen MR) is 115 cm³/mol. The van der Waals surface area contributed by atoms with Crippen LogP contribution in [0.1, 0.15) is 14.5 Å². The van der Waals surface area contributed by atoms with Crippen molar-refractivity contribution < 1.29 is 23.9 Å². The van der Waals surface area contributed by atoms with E-state index in [1.165, 1.54) is 25.6 Å². The van der Waals surface area contributed by atoms with Gasteiger partial charge in [0.2, 0.25) is 0 Å². The van der Waals surface area contributed by atoms with Crippen LogP contribution in [0.2, 0.25) is 0 Å². The van der Waals surface area contributed by atoms with Gasteiger partial charge in [0.1, 0.15) is 20.8 Å². The van der Waals surface area contributed by atoms with Gasteiger partial charge in [0.05, 0.1) is 39.2 Å². The van der Waals surface area contributed by atoms with E-state index in [0.717, 1.165) is 29.8 Å². The number of ether oxygens (including phenoxy) is 2. The van der Waals surface area contributed by atoms with Crippen molar-refractivity contribution in [2.45, 2.75) is 0 Å². The molecule has 10 heteroatoms. The van der Waals surface area contributed by atoms with Crippen LogP contribution in [-0.2, 0) is 19.1 Å². The van der Waals surface area contributed by atoms with E-state index in [1.807, 2.05) is 24.3 Å². The van der Waals surface area contributed by atoms with E-state index < -0.39 is 11.9 Å². The molecule has 4 rings (SSSR count).